The van der Waals surface area contributed by atoms with Gasteiger partial charge >= 0.3 is 6.18 Å². The monoisotopic (exact) mass is 473 g/mol. The van der Waals surface area contributed by atoms with Crippen LogP contribution < -0.4 is 5.32 Å². The lowest BCUT2D eigenvalue weighted by atomic mass is 10.1. The number of alkyl halides is 3. The van der Waals surface area contributed by atoms with Gasteiger partial charge in [0.15, 0.2) is 4.34 Å². The van der Waals surface area contributed by atoms with Crippen LogP contribution in [0.15, 0.2) is 57.3 Å². The number of thioether (sulfide) groups is 1. The van der Waals surface area contributed by atoms with Crippen molar-refractivity contribution in [2.75, 3.05) is 5.32 Å². The Kier molecular flexibility index (Phi) is 6.18. The topological polar surface area (TPSA) is 54.9 Å². The van der Waals surface area contributed by atoms with Crippen LogP contribution in [0.2, 0.25) is 0 Å². The quantitative estimate of drug-likeness (QED) is 0.372. The van der Waals surface area contributed by atoms with Gasteiger partial charge in [0, 0.05) is 15.8 Å². The summed E-state index contributed by atoms with van der Waals surface area (Å²) >= 11 is 5.85. The Morgan fingerprint density at radius 2 is 1.89 bits per heavy atom. The van der Waals surface area contributed by atoms with Crippen LogP contribution in [0.25, 0.3) is 0 Å². The van der Waals surface area contributed by atoms with Crippen LogP contribution in [-0.2, 0) is 11.9 Å². The number of carbonyl (C=O) groups is 1. The molecule has 1 N–H and O–H groups in total. The molecule has 0 saturated heterocycles. The summed E-state index contributed by atoms with van der Waals surface area (Å²) in [6, 6.07) is 11.9. The second-order valence-corrected chi connectivity index (χ2v) is 8.44. The molecule has 0 radical (unpaired) electrons. The summed E-state index contributed by atoms with van der Waals surface area (Å²) in [7, 11) is 0. The average Bonchev–Trinajstić information content (AvgIpc) is 3.07. The SMILES string of the molecule is O=C(Nc1nnc(SCc2ccc(C(F)(F)F)cc2)s1)c1cccc(Br)c1. The zero-order valence-electron chi connectivity index (χ0n) is 13.5. The molecule has 10 heteroatoms. The molecule has 0 aliphatic rings. The molecule has 3 aromatic rings. The van der Waals surface area contributed by atoms with E-state index < -0.39 is 11.7 Å². The van der Waals surface area contributed by atoms with Crippen molar-refractivity contribution >= 4 is 50.1 Å². The van der Waals surface area contributed by atoms with Gasteiger partial charge in [-0.1, -0.05) is 57.2 Å². The first-order chi connectivity index (χ1) is 12.8. The molecular weight excluding hydrogens is 463 g/mol. The first kappa shape index (κ1) is 19.8. The Morgan fingerprint density at radius 3 is 2.56 bits per heavy atom. The van der Waals surface area contributed by atoms with E-state index in [1.807, 2.05) is 6.07 Å². The van der Waals surface area contributed by atoms with E-state index in [-0.39, 0.29) is 5.91 Å². The minimum Gasteiger partial charge on any atom is -0.296 e. The van der Waals surface area contributed by atoms with Crippen LogP contribution in [0.4, 0.5) is 18.3 Å². The number of anilines is 1. The van der Waals surface area contributed by atoms with Crippen LogP contribution >= 0.6 is 39.0 Å². The summed E-state index contributed by atoms with van der Waals surface area (Å²) in [6.45, 7) is 0. The molecule has 0 unspecified atom stereocenters. The molecule has 0 fully saturated rings. The summed E-state index contributed by atoms with van der Waals surface area (Å²) in [5.74, 6) is 0.151. The van der Waals surface area contributed by atoms with Gasteiger partial charge in [-0.3, -0.25) is 10.1 Å². The molecule has 3 rings (SSSR count). The Bertz CT molecular complexity index is 945. The van der Waals surface area contributed by atoms with Crippen molar-refractivity contribution in [3.8, 4) is 0 Å². The maximum Gasteiger partial charge on any atom is 0.416 e. The molecule has 0 atom stereocenters. The number of hydrogen-bond donors (Lipinski definition) is 1. The second-order valence-electron chi connectivity index (χ2n) is 5.32. The van der Waals surface area contributed by atoms with Gasteiger partial charge in [-0.25, -0.2) is 0 Å². The highest BCUT2D eigenvalue weighted by molar-refractivity contribution is 9.10. The van der Waals surface area contributed by atoms with Crippen molar-refractivity contribution in [1.82, 2.24) is 10.2 Å². The fraction of sp³-hybridized carbons (Fsp3) is 0.118. The van der Waals surface area contributed by atoms with E-state index in [0.29, 0.717) is 20.8 Å². The number of nitrogens with zero attached hydrogens (tertiary/aromatic N) is 2. The van der Waals surface area contributed by atoms with E-state index >= 15 is 0 Å². The van der Waals surface area contributed by atoms with Gasteiger partial charge < -0.3 is 0 Å². The number of rotatable bonds is 5. The maximum absolute atomic E-state index is 12.6. The van der Waals surface area contributed by atoms with E-state index in [2.05, 4.69) is 31.4 Å². The van der Waals surface area contributed by atoms with E-state index in [9.17, 15) is 18.0 Å². The number of nitrogens with one attached hydrogen (secondary N) is 1. The van der Waals surface area contributed by atoms with Crippen LogP contribution in [0.1, 0.15) is 21.5 Å². The van der Waals surface area contributed by atoms with Crippen molar-refractivity contribution in [2.24, 2.45) is 0 Å². The fourth-order valence-electron chi connectivity index (χ4n) is 2.05. The molecular formula is C17H11BrF3N3OS2. The zero-order chi connectivity index (χ0) is 19.4. The number of benzene rings is 2. The fourth-order valence-corrected chi connectivity index (χ4v) is 4.15. The Balaban J connectivity index is 1.57. The Labute approximate surface area is 169 Å². The third-order valence-electron chi connectivity index (χ3n) is 3.36. The largest absolute Gasteiger partial charge is 0.416 e. The van der Waals surface area contributed by atoms with E-state index in [4.69, 9.17) is 0 Å². The zero-order valence-corrected chi connectivity index (χ0v) is 16.7. The summed E-state index contributed by atoms with van der Waals surface area (Å²) in [6.07, 6.45) is -4.34. The molecule has 1 amide bonds. The molecule has 0 spiro atoms. The van der Waals surface area contributed by atoms with Crippen LogP contribution in [0.5, 0.6) is 0 Å². The third-order valence-corrected chi connectivity index (χ3v) is 5.89. The van der Waals surface area contributed by atoms with E-state index in [1.54, 1.807) is 18.2 Å². The van der Waals surface area contributed by atoms with Gasteiger partial charge in [-0.2, -0.15) is 13.2 Å². The highest BCUT2D eigenvalue weighted by atomic mass is 79.9. The predicted octanol–water partition coefficient (Wildman–Crippen LogP) is 5.86. The van der Waals surface area contributed by atoms with Gasteiger partial charge in [0.25, 0.3) is 5.91 Å². The first-order valence-corrected chi connectivity index (χ1v) is 10.1. The van der Waals surface area contributed by atoms with Crippen molar-refractivity contribution in [2.45, 2.75) is 16.3 Å². The minimum atomic E-state index is -4.34. The molecule has 0 aliphatic carbocycles. The average molecular weight is 474 g/mol. The van der Waals surface area contributed by atoms with Crippen LogP contribution in [0, 0.1) is 0 Å². The Hall–Kier alpha value is -1.91. The lowest BCUT2D eigenvalue weighted by Gasteiger charge is -2.06. The van der Waals surface area contributed by atoms with Crippen LogP contribution in [-0.4, -0.2) is 16.1 Å². The molecule has 140 valence electrons. The second kappa shape index (κ2) is 8.41. The van der Waals surface area contributed by atoms with Gasteiger partial charge in [-0.05, 0) is 35.9 Å². The lowest BCUT2D eigenvalue weighted by molar-refractivity contribution is -0.137. The third kappa shape index (κ3) is 5.53. The first-order valence-electron chi connectivity index (χ1n) is 7.50. The summed E-state index contributed by atoms with van der Waals surface area (Å²) in [5, 5.41) is 10.9. The van der Waals surface area contributed by atoms with Gasteiger partial charge in [0.05, 0.1) is 5.56 Å². The number of carbonyl (C=O) groups excluding carboxylic acids is 1. The summed E-state index contributed by atoms with van der Waals surface area (Å²) < 4.78 is 39.1. The Morgan fingerprint density at radius 1 is 1.15 bits per heavy atom. The lowest BCUT2D eigenvalue weighted by Crippen LogP contribution is -2.11. The summed E-state index contributed by atoms with van der Waals surface area (Å²) in [4.78, 5) is 12.2. The van der Waals surface area contributed by atoms with E-state index in [1.165, 1.54) is 35.2 Å². The highest BCUT2D eigenvalue weighted by Crippen LogP contribution is 2.31. The number of amides is 1. The molecule has 0 saturated carbocycles. The predicted molar refractivity (Wildman–Crippen MR) is 103 cm³/mol. The molecule has 1 aromatic heterocycles. The van der Waals surface area contributed by atoms with Crippen molar-refractivity contribution in [3.63, 3.8) is 0 Å². The van der Waals surface area contributed by atoms with Crippen LogP contribution in [0.3, 0.4) is 0 Å². The smallest absolute Gasteiger partial charge is 0.296 e. The molecule has 2 aromatic carbocycles. The summed E-state index contributed by atoms with van der Waals surface area (Å²) in [5.41, 5.74) is 0.547. The van der Waals surface area contributed by atoms with Gasteiger partial charge in [-0.15, -0.1) is 10.2 Å². The molecule has 1 heterocycles. The molecule has 27 heavy (non-hydrogen) atoms. The standard InChI is InChI=1S/C17H11BrF3N3OS2/c18-13-3-1-2-11(8-13)14(25)22-15-23-24-16(27-15)26-9-10-4-6-12(7-5-10)17(19,20)21/h1-8H,9H2,(H,22,23,25). The van der Waals surface area contributed by atoms with E-state index in [0.717, 1.165) is 22.2 Å². The molecule has 4 nitrogen and oxygen atoms in total. The molecule has 0 bridgehead atoms. The minimum absolute atomic E-state index is 0.299. The normalized spacial score (nSPS) is 11.4. The van der Waals surface area contributed by atoms with Crippen molar-refractivity contribution in [1.29, 1.82) is 0 Å². The van der Waals surface area contributed by atoms with Gasteiger partial charge in [0.1, 0.15) is 0 Å². The number of aromatic nitrogens is 2. The van der Waals surface area contributed by atoms with Crippen molar-refractivity contribution in [3.05, 3.63) is 69.7 Å². The number of halogens is 4. The van der Waals surface area contributed by atoms with Gasteiger partial charge in [0.2, 0.25) is 5.13 Å². The highest BCUT2D eigenvalue weighted by Gasteiger charge is 2.29. The maximum atomic E-state index is 12.6. The number of hydrogen-bond acceptors (Lipinski definition) is 5. The van der Waals surface area contributed by atoms with Crippen molar-refractivity contribution < 1.29 is 18.0 Å². The molecule has 0 aliphatic heterocycles.